The second-order valence-electron chi connectivity index (χ2n) is 3.85. The molecule has 2 nitrogen and oxygen atoms in total. The third-order valence-corrected chi connectivity index (χ3v) is 2.31. The maximum Gasteiger partial charge on any atom is 0.179 e. The Labute approximate surface area is 75.0 Å². The summed E-state index contributed by atoms with van der Waals surface area (Å²) in [5.74, 6) is 0.726. The van der Waals surface area contributed by atoms with Crippen molar-refractivity contribution in [2.24, 2.45) is 0 Å². The lowest BCUT2D eigenvalue weighted by atomic mass is 10.2. The predicted octanol–water partition coefficient (Wildman–Crippen LogP) is 2.41. The predicted molar refractivity (Wildman–Crippen MR) is 50.8 cm³/mol. The lowest BCUT2D eigenvalue weighted by Gasteiger charge is -2.20. The van der Waals surface area contributed by atoms with E-state index in [0.29, 0.717) is 5.54 Å². The van der Waals surface area contributed by atoms with Gasteiger partial charge in [-0.1, -0.05) is 6.92 Å². The Morgan fingerprint density at radius 2 is 2.17 bits per heavy atom. The molecule has 0 heterocycles. The first-order valence-electron chi connectivity index (χ1n) is 4.72. The summed E-state index contributed by atoms with van der Waals surface area (Å²) < 4.78 is 5.42. The van der Waals surface area contributed by atoms with E-state index in [2.05, 4.69) is 18.8 Å². The normalized spacial score (nSPS) is 19.0. The number of rotatable bonds is 5. The summed E-state index contributed by atoms with van der Waals surface area (Å²) in [4.78, 5) is 0. The average molecular weight is 169 g/mol. The van der Waals surface area contributed by atoms with Crippen molar-refractivity contribution in [3.05, 3.63) is 12.5 Å². The van der Waals surface area contributed by atoms with Gasteiger partial charge >= 0.3 is 0 Å². The van der Waals surface area contributed by atoms with E-state index in [0.717, 1.165) is 12.3 Å². The molecule has 0 aliphatic heterocycles. The summed E-state index contributed by atoms with van der Waals surface area (Å²) in [6, 6.07) is 0. The lowest BCUT2D eigenvalue weighted by Crippen LogP contribution is -2.31. The second-order valence-corrected chi connectivity index (χ2v) is 3.85. The zero-order valence-corrected chi connectivity index (χ0v) is 8.31. The number of hydrogen-bond donors (Lipinski definition) is 1. The Hall–Kier alpha value is -0.660. The third-order valence-electron chi connectivity index (χ3n) is 2.31. The summed E-state index contributed by atoms with van der Waals surface area (Å²) in [6.45, 7) is 10.1. The van der Waals surface area contributed by atoms with Crippen molar-refractivity contribution < 1.29 is 4.74 Å². The van der Waals surface area contributed by atoms with Gasteiger partial charge < -0.3 is 10.1 Å². The molecule has 0 aromatic heterocycles. The van der Waals surface area contributed by atoms with Crippen LogP contribution in [-0.2, 0) is 4.74 Å². The van der Waals surface area contributed by atoms with Crippen LogP contribution < -0.4 is 5.32 Å². The Morgan fingerprint density at radius 3 is 2.50 bits per heavy atom. The highest BCUT2D eigenvalue weighted by atomic mass is 16.5. The summed E-state index contributed by atoms with van der Waals surface area (Å²) in [5.41, 5.74) is 0.325. The minimum absolute atomic E-state index is 0.220. The molecule has 0 spiro atoms. The van der Waals surface area contributed by atoms with Crippen LogP contribution in [0.1, 0.15) is 40.0 Å². The van der Waals surface area contributed by atoms with Crippen LogP contribution in [0.3, 0.4) is 0 Å². The van der Waals surface area contributed by atoms with Crippen LogP contribution in [0.5, 0.6) is 0 Å². The highest BCUT2D eigenvalue weighted by Crippen LogP contribution is 2.39. The molecule has 2 heteroatoms. The van der Waals surface area contributed by atoms with Crippen LogP contribution in [0.4, 0.5) is 0 Å². The molecule has 0 unspecified atom stereocenters. The van der Waals surface area contributed by atoms with Gasteiger partial charge in [-0.15, -0.1) is 0 Å². The van der Waals surface area contributed by atoms with Gasteiger partial charge in [-0.2, -0.15) is 0 Å². The molecule has 0 radical (unpaired) electrons. The Kier molecular flexibility index (Phi) is 2.65. The van der Waals surface area contributed by atoms with Gasteiger partial charge in [0.25, 0.3) is 0 Å². The van der Waals surface area contributed by atoms with Crippen LogP contribution in [0.2, 0.25) is 0 Å². The topological polar surface area (TPSA) is 21.3 Å². The van der Waals surface area contributed by atoms with E-state index in [4.69, 9.17) is 4.74 Å². The smallest absolute Gasteiger partial charge is 0.179 e. The third kappa shape index (κ3) is 2.43. The Balaban J connectivity index is 2.26. The monoisotopic (exact) mass is 169 g/mol. The van der Waals surface area contributed by atoms with E-state index in [1.54, 1.807) is 0 Å². The Morgan fingerprint density at radius 1 is 1.58 bits per heavy atom. The lowest BCUT2D eigenvalue weighted by molar-refractivity contribution is 0.124. The largest absolute Gasteiger partial charge is 0.477 e. The van der Waals surface area contributed by atoms with Crippen molar-refractivity contribution in [2.45, 2.75) is 51.7 Å². The molecule has 70 valence electrons. The maximum atomic E-state index is 5.42. The SMILES string of the molecule is C=C(NC1(CC)CC1)OC(C)C. The first kappa shape index (κ1) is 9.43. The summed E-state index contributed by atoms with van der Waals surface area (Å²) in [6.07, 6.45) is 3.89. The summed E-state index contributed by atoms with van der Waals surface area (Å²) in [7, 11) is 0. The van der Waals surface area contributed by atoms with Gasteiger partial charge in [0.05, 0.1) is 6.10 Å². The van der Waals surface area contributed by atoms with Crippen molar-refractivity contribution >= 4 is 0 Å². The average Bonchev–Trinajstić information content (AvgIpc) is 2.67. The van der Waals surface area contributed by atoms with Crippen LogP contribution >= 0.6 is 0 Å². The molecule has 12 heavy (non-hydrogen) atoms. The van der Waals surface area contributed by atoms with Crippen molar-refractivity contribution in [2.75, 3.05) is 0 Å². The molecular formula is C10H19NO. The highest BCUT2D eigenvalue weighted by molar-refractivity contribution is 5.05. The molecule has 0 aromatic rings. The minimum atomic E-state index is 0.220. The van der Waals surface area contributed by atoms with Gasteiger partial charge in [-0.25, -0.2) is 0 Å². The molecule has 1 rings (SSSR count). The molecule has 0 aromatic carbocycles. The van der Waals surface area contributed by atoms with Crippen molar-refractivity contribution in [3.63, 3.8) is 0 Å². The first-order valence-corrected chi connectivity index (χ1v) is 4.72. The van der Waals surface area contributed by atoms with E-state index < -0.39 is 0 Å². The van der Waals surface area contributed by atoms with Gasteiger partial charge in [-0.3, -0.25) is 0 Å². The first-order chi connectivity index (χ1) is 5.58. The molecule has 1 aliphatic rings. The molecular weight excluding hydrogens is 150 g/mol. The van der Waals surface area contributed by atoms with Crippen molar-refractivity contribution in [3.8, 4) is 0 Å². The van der Waals surface area contributed by atoms with Crippen molar-refractivity contribution in [1.82, 2.24) is 5.32 Å². The fourth-order valence-corrected chi connectivity index (χ4v) is 1.33. The van der Waals surface area contributed by atoms with Crippen LogP contribution in [0, 0.1) is 0 Å². The van der Waals surface area contributed by atoms with E-state index >= 15 is 0 Å². The van der Waals surface area contributed by atoms with Gasteiger partial charge in [0.2, 0.25) is 0 Å². The van der Waals surface area contributed by atoms with Crippen LogP contribution in [-0.4, -0.2) is 11.6 Å². The van der Waals surface area contributed by atoms with E-state index in [1.165, 1.54) is 12.8 Å². The van der Waals surface area contributed by atoms with Gasteiger partial charge in [-0.05, 0) is 39.7 Å². The van der Waals surface area contributed by atoms with Crippen LogP contribution in [0.25, 0.3) is 0 Å². The molecule has 0 saturated heterocycles. The molecule has 1 fully saturated rings. The van der Waals surface area contributed by atoms with E-state index in [9.17, 15) is 0 Å². The van der Waals surface area contributed by atoms with Gasteiger partial charge in [0.15, 0.2) is 5.88 Å². The summed E-state index contributed by atoms with van der Waals surface area (Å²) >= 11 is 0. The number of ether oxygens (including phenoxy) is 1. The zero-order valence-electron chi connectivity index (χ0n) is 8.31. The minimum Gasteiger partial charge on any atom is -0.477 e. The summed E-state index contributed by atoms with van der Waals surface area (Å²) in [5, 5.41) is 3.33. The maximum absolute atomic E-state index is 5.42. The molecule has 1 N–H and O–H groups in total. The van der Waals surface area contributed by atoms with Crippen LogP contribution in [0.15, 0.2) is 12.5 Å². The second kappa shape index (κ2) is 3.38. The molecule has 1 aliphatic carbocycles. The fraction of sp³-hybridized carbons (Fsp3) is 0.800. The van der Waals surface area contributed by atoms with Crippen molar-refractivity contribution in [1.29, 1.82) is 0 Å². The molecule has 1 saturated carbocycles. The van der Waals surface area contributed by atoms with E-state index in [-0.39, 0.29) is 6.10 Å². The molecule has 0 amide bonds. The molecule has 0 bridgehead atoms. The number of nitrogens with one attached hydrogen (secondary N) is 1. The zero-order chi connectivity index (χ0) is 9.19. The fourth-order valence-electron chi connectivity index (χ4n) is 1.33. The van der Waals surface area contributed by atoms with E-state index in [1.807, 2.05) is 13.8 Å². The molecule has 0 atom stereocenters. The Bertz CT molecular complexity index is 171. The standard InChI is InChI=1S/C10H19NO/c1-5-10(6-7-10)11-9(4)12-8(2)3/h8,11H,4-7H2,1-3H3. The quantitative estimate of drug-likeness (QED) is 0.638. The highest BCUT2D eigenvalue weighted by Gasteiger charge is 2.41. The number of hydrogen-bond acceptors (Lipinski definition) is 2. The van der Waals surface area contributed by atoms with Gasteiger partial charge in [0, 0.05) is 5.54 Å². The van der Waals surface area contributed by atoms with Gasteiger partial charge in [0.1, 0.15) is 0 Å².